The van der Waals surface area contributed by atoms with E-state index in [4.69, 9.17) is 5.11 Å². The Hall–Kier alpha value is -0.350. The molecule has 13 heavy (non-hydrogen) atoms. The Morgan fingerprint density at radius 3 is 2.69 bits per heavy atom. The Bertz CT molecular complexity index is 323. The van der Waals surface area contributed by atoms with E-state index in [9.17, 15) is 4.79 Å². The molecule has 0 unspecified atom stereocenters. The first kappa shape index (κ1) is 10.7. The SMILES string of the molecule is O=C(CCBr)c1ccc(O)cc1Br. The second-order valence-electron chi connectivity index (χ2n) is 2.53. The summed E-state index contributed by atoms with van der Waals surface area (Å²) in [4.78, 5) is 11.4. The van der Waals surface area contributed by atoms with Crippen molar-refractivity contribution in [1.82, 2.24) is 0 Å². The largest absolute Gasteiger partial charge is 0.508 e. The van der Waals surface area contributed by atoms with Crippen LogP contribution in [0.15, 0.2) is 22.7 Å². The summed E-state index contributed by atoms with van der Waals surface area (Å²) in [6.45, 7) is 0. The van der Waals surface area contributed by atoms with Crippen LogP contribution in [-0.2, 0) is 0 Å². The van der Waals surface area contributed by atoms with Crippen LogP contribution in [0.3, 0.4) is 0 Å². The number of phenolic OH excluding ortho intramolecular Hbond substituents is 1. The molecule has 0 aliphatic carbocycles. The van der Waals surface area contributed by atoms with Gasteiger partial charge in [-0.3, -0.25) is 4.79 Å². The molecule has 0 fully saturated rings. The van der Waals surface area contributed by atoms with Crippen LogP contribution in [0, 0.1) is 0 Å². The van der Waals surface area contributed by atoms with Crippen molar-refractivity contribution in [3.05, 3.63) is 28.2 Å². The highest BCUT2D eigenvalue weighted by molar-refractivity contribution is 9.10. The maximum atomic E-state index is 11.4. The molecule has 0 radical (unpaired) electrons. The van der Waals surface area contributed by atoms with Gasteiger partial charge in [0.15, 0.2) is 5.78 Å². The van der Waals surface area contributed by atoms with Crippen molar-refractivity contribution in [2.45, 2.75) is 6.42 Å². The lowest BCUT2D eigenvalue weighted by molar-refractivity contribution is 0.0989. The monoisotopic (exact) mass is 306 g/mol. The molecule has 0 aromatic heterocycles. The van der Waals surface area contributed by atoms with Gasteiger partial charge in [0.25, 0.3) is 0 Å². The first-order valence-corrected chi connectivity index (χ1v) is 5.64. The minimum atomic E-state index is 0.0590. The van der Waals surface area contributed by atoms with Crippen molar-refractivity contribution in [2.24, 2.45) is 0 Å². The molecule has 1 N–H and O–H groups in total. The smallest absolute Gasteiger partial charge is 0.164 e. The maximum Gasteiger partial charge on any atom is 0.164 e. The zero-order valence-corrected chi connectivity index (χ0v) is 9.93. The Kier molecular flexibility index (Phi) is 3.93. The number of halogens is 2. The van der Waals surface area contributed by atoms with Crippen LogP contribution in [0.5, 0.6) is 5.75 Å². The molecule has 70 valence electrons. The minimum absolute atomic E-state index is 0.0590. The van der Waals surface area contributed by atoms with Crippen molar-refractivity contribution >= 4 is 37.6 Å². The number of hydrogen-bond acceptors (Lipinski definition) is 2. The molecule has 0 bridgehead atoms. The molecule has 1 aromatic carbocycles. The van der Waals surface area contributed by atoms with Gasteiger partial charge in [-0.05, 0) is 34.1 Å². The van der Waals surface area contributed by atoms with Gasteiger partial charge >= 0.3 is 0 Å². The van der Waals surface area contributed by atoms with E-state index in [2.05, 4.69) is 31.9 Å². The van der Waals surface area contributed by atoms with E-state index in [1.807, 2.05) is 0 Å². The van der Waals surface area contributed by atoms with Crippen molar-refractivity contribution < 1.29 is 9.90 Å². The third-order valence-electron chi connectivity index (χ3n) is 1.57. The van der Waals surface area contributed by atoms with Gasteiger partial charge in [-0.2, -0.15) is 0 Å². The van der Waals surface area contributed by atoms with Gasteiger partial charge in [0.05, 0.1) is 0 Å². The molecular formula is C9H8Br2O2. The average Bonchev–Trinajstić information content (AvgIpc) is 2.04. The van der Waals surface area contributed by atoms with Crippen molar-refractivity contribution in [2.75, 3.05) is 5.33 Å². The summed E-state index contributed by atoms with van der Waals surface area (Å²) in [5, 5.41) is 9.75. The van der Waals surface area contributed by atoms with Crippen molar-refractivity contribution in [3.63, 3.8) is 0 Å². The van der Waals surface area contributed by atoms with Crippen LogP contribution in [0.25, 0.3) is 0 Å². The van der Waals surface area contributed by atoms with Crippen LogP contribution >= 0.6 is 31.9 Å². The van der Waals surface area contributed by atoms with Gasteiger partial charge in [-0.1, -0.05) is 15.9 Å². The Morgan fingerprint density at radius 2 is 2.15 bits per heavy atom. The molecule has 2 nitrogen and oxygen atoms in total. The molecule has 0 saturated heterocycles. The molecule has 0 spiro atoms. The molecule has 0 aliphatic heterocycles. The zero-order chi connectivity index (χ0) is 9.84. The lowest BCUT2D eigenvalue weighted by atomic mass is 10.1. The summed E-state index contributed by atoms with van der Waals surface area (Å²) in [6, 6.07) is 4.64. The first-order chi connectivity index (χ1) is 6.15. The topological polar surface area (TPSA) is 37.3 Å². The number of carbonyl (C=O) groups excluding carboxylic acids is 1. The average molecular weight is 308 g/mol. The predicted octanol–water partition coefficient (Wildman–Crippen LogP) is 3.12. The van der Waals surface area contributed by atoms with Gasteiger partial charge in [-0.25, -0.2) is 0 Å². The van der Waals surface area contributed by atoms with E-state index >= 15 is 0 Å². The highest BCUT2D eigenvalue weighted by Crippen LogP contribution is 2.23. The number of rotatable bonds is 3. The third-order valence-corrected chi connectivity index (χ3v) is 2.63. The van der Waals surface area contributed by atoms with E-state index < -0.39 is 0 Å². The lowest BCUT2D eigenvalue weighted by Gasteiger charge is -2.02. The summed E-state index contributed by atoms with van der Waals surface area (Å²) in [5.41, 5.74) is 0.609. The predicted molar refractivity (Wildman–Crippen MR) is 58.5 cm³/mol. The van der Waals surface area contributed by atoms with Crippen LogP contribution in [-0.4, -0.2) is 16.2 Å². The number of Topliss-reactive ketones (excluding diaryl/α,β-unsaturated/α-hetero) is 1. The number of ketones is 1. The molecule has 4 heteroatoms. The van der Waals surface area contributed by atoms with Gasteiger partial charge in [-0.15, -0.1) is 0 Å². The summed E-state index contributed by atoms with van der Waals surface area (Å²) < 4.78 is 0.637. The molecule has 0 aliphatic rings. The summed E-state index contributed by atoms with van der Waals surface area (Å²) in [5.74, 6) is 0.214. The number of phenols is 1. The van der Waals surface area contributed by atoms with Gasteiger partial charge in [0, 0.05) is 21.8 Å². The van der Waals surface area contributed by atoms with E-state index in [0.29, 0.717) is 21.8 Å². The fourth-order valence-corrected chi connectivity index (χ4v) is 1.90. The number of hydrogen-bond donors (Lipinski definition) is 1. The molecule has 0 heterocycles. The quantitative estimate of drug-likeness (QED) is 0.688. The highest BCUT2D eigenvalue weighted by Gasteiger charge is 2.09. The standard InChI is InChI=1S/C9H8Br2O2/c10-4-3-9(13)7-2-1-6(12)5-8(7)11/h1-2,5,12H,3-4H2. The summed E-state index contributed by atoms with van der Waals surface area (Å²) in [7, 11) is 0. The number of alkyl halides is 1. The van der Waals surface area contributed by atoms with Crippen LogP contribution in [0.1, 0.15) is 16.8 Å². The normalized spacial score (nSPS) is 10.0. The first-order valence-electron chi connectivity index (χ1n) is 3.73. The van der Waals surface area contributed by atoms with E-state index in [1.54, 1.807) is 6.07 Å². The maximum absolute atomic E-state index is 11.4. The lowest BCUT2D eigenvalue weighted by Crippen LogP contribution is -2.00. The Balaban J connectivity index is 2.95. The Morgan fingerprint density at radius 1 is 1.46 bits per heavy atom. The Labute approximate surface area is 93.2 Å². The van der Waals surface area contributed by atoms with E-state index in [1.165, 1.54) is 12.1 Å². The second-order valence-corrected chi connectivity index (χ2v) is 4.17. The summed E-state index contributed by atoms with van der Waals surface area (Å²) >= 11 is 6.42. The highest BCUT2D eigenvalue weighted by atomic mass is 79.9. The number of carbonyl (C=O) groups is 1. The molecular weight excluding hydrogens is 300 g/mol. The number of benzene rings is 1. The van der Waals surface area contributed by atoms with Gasteiger partial charge in [0.1, 0.15) is 5.75 Å². The van der Waals surface area contributed by atoms with Crippen LogP contribution < -0.4 is 0 Å². The number of aromatic hydroxyl groups is 1. The van der Waals surface area contributed by atoms with Crippen molar-refractivity contribution in [3.8, 4) is 5.75 Å². The van der Waals surface area contributed by atoms with Gasteiger partial charge < -0.3 is 5.11 Å². The molecule has 1 rings (SSSR count). The molecule has 1 aromatic rings. The van der Waals surface area contributed by atoms with Crippen LogP contribution in [0.4, 0.5) is 0 Å². The van der Waals surface area contributed by atoms with E-state index in [-0.39, 0.29) is 11.5 Å². The molecule has 0 amide bonds. The zero-order valence-electron chi connectivity index (χ0n) is 6.76. The van der Waals surface area contributed by atoms with Crippen molar-refractivity contribution in [1.29, 1.82) is 0 Å². The minimum Gasteiger partial charge on any atom is -0.508 e. The third kappa shape index (κ3) is 2.81. The van der Waals surface area contributed by atoms with Crippen LogP contribution in [0.2, 0.25) is 0 Å². The van der Waals surface area contributed by atoms with E-state index in [0.717, 1.165) is 0 Å². The fourth-order valence-electron chi connectivity index (χ4n) is 0.951. The molecule has 0 saturated carbocycles. The second kappa shape index (κ2) is 4.77. The van der Waals surface area contributed by atoms with Gasteiger partial charge in [0.2, 0.25) is 0 Å². The summed E-state index contributed by atoms with van der Waals surface area (Å²) in [6.07, 6.45) is 0.462. The molecule has 0 atom stereocenters. The fraction of sp³-hybridized carbons (Fsp3) is 0.222.